The Labute approximate surface area is 140 Å². The molecule has 7 nitrogen and oxygen atoms in total. The predicted octanol–water partition coefficient (Wildman–Crippen LogP) is 3.02. The van der Waals surface area contributed by atoms with E-state index in [0.717, 1.165) is 0 Å². The third-order valence-electron chi connectivity index (χ3n) is 4.05. The van der Waals surface area contributed by atoms with Crippen molar-refractivity contribution in [3.63, 3.8) is 0 Å². The van der Waals surface area contributed by atoms with E-state index in [0.29, 0.717) is 5.75 Å². The van der Waals surface area contributed by atoms with Gasteiger partial charge in [0.25, 0.3) is 0 Å². The van der Waals surface area contributed by atoms with Gasteiger partial charge in [0, 0.05) is 0 Å². The maximum atomic E-state index is 13.0. The first-order valence-corrected chi connectivity index (χ1v) is 9.20. The van der Waals surface area contributed by atoms with Crippen molar-refractivity contribution < 1.29 is 32.3 Å². The van der Waals surface area contributed by atoms with E-state index in [9.17, 15) is 4.57 Å². The number of hydrogen-bond donors (Lipinski definition) is 0. The fourth-order valence-corrected chi connectivity index (χ4v) is 4.66. The summed E-state index contributed by atoms with van der Waals surface area (Å²) in [5.41, 5.74) is 0. The summed E-state index contributed by atoms with van der Waals surface area (Å²) in [5, 5.41) is 0. The zero-order chi connectivity index (χ0) is 16.9. The van der Waals surface area contributed by atoms with Crippen LogP contribution in [-0.4, -0.2) is 36.5 Å². The van der Waals surface area contributed by atoms with Crippen molar-refractivity contribution in [3.05, 3.63) is 43.0 Å². The van der Waals surface area contributed by atoms with Gasteiger partial charge in [-0.3, -0.25) is 9.05 Å². The molecule has 1 aromatic rings. The van der Waals surface area contributed by atoms with Crippen molar-refractivity contribution in [1.29, 1.82) is 0 Å². The Hall–Kier alpha value is -1.21. The summed E-state index contributed by atoms with van der Waals surface area (Å²) < 4.78 is 47.0. The van der Waals surface area contributed by atoms with Crippen LogP contribution < -0.4 is 4.52 Å². The average molecular weight is 354 g/mol. The summed E-state index contributed by atoms with van der Waals surface area (Å²) in [6, 6.07) is 8.71. The molecule has 3 aliphatic heterocycles. The molecule has 0 amide bonds. The summed E-state index contributed by atoms with van der Waals surface area (Å²) in [6.45, 7) is 7.29. The van der Waals surface area contributed by atoms with Gasteiger partial charge in [-0.25, -0.2) is 4.57 Å². The summed E-state index contributed by atoms with van der Waals surface area (Å²) >= 11 is 0. The molecule has 0 aliphatic carbocycles. The van der Waals surface area contributed by atoms with E-state index in [1.807, 2.05) is 6.07 Å². The Balaban J connectivity index is 1.59. The Morgan fingerprint density at radius 1 is 1.12 bits per heavy atom. The lowest BCUT2D eigenvalue weighted by Crippen LogP contribution is -2.46. The van der Waals surface area contributed by atoms with Crippen LogP contribution in [0.15, 0.2) is 43.0 Å². The highest BCUT2D eigenvalue weighted by Gasteiger charge is 2.62. The van der Waals surface area contributed by atoms with Crippen molar-refractivity contribution in [2.45, 2.75) is 50.3 Å². The van der Waals surface area contributed by atoms with Gasteiger partial charge in [-0.2, -0.15) is 0 Å². The first-order chi connectivity index (χ1) is 11.4. The molecule has 0 radical (unpaired) electrons. The number of ether oxygens (including phenoxy) is 3. The van der Waals surface area contributed by atoms with Gasteiger partial charge in [0.05, 0.1) is 0 Å². The summed E-state index contributed by atoms with van der Waals surface area (Å²) in [6.07, 6.45) is -1.40. The molecule has 24 heavy (non-hydrogen) atoms. The highest BCUT2D eigenvalue weighted by molar-refractivity contribution is 7.49. The molecule has 4 rings (SSSR count). The van der Waals surface area contributed by atoms with Crippen LogP contribution in [0, 0.1) is 0 Å². The maximum Gasteiger partial charge on any atom is 0.531 e. The van der Waals surface area contributed by atoms with E-state index in [1.54, 1.807) is 38.1 Å². The van der Waals surface area contributed by atoms with E-state index >= 15 is 0 Å². The Bertz CT molecular complexity index is 676. The van der Waals surface area contributed by atoms with Crippen LogP contribution in [0.5, 0.6) is 5.75 Å². The quantitative estimate of drug-likeness (QED) is 0.610. The standard InChI is InChI=1S/C16H19O7P/c1-4-11-12-13(14-15(18-12)20-16(2,3)19-14)23-24(17,22-11)21-10-8-6-5-7-9-10/h4-9,11-15H,1H2,2-3H3/t11-,12-,13+,14-,15-,24?/m1/s1. The molecule has 0 aromatic heterocycles. The number of phosphoric acid groups is 1. The Morgan fingerprint density at radius 3 is 2.58 bits per heavy atom. The minimum atomic E-state index is -3.86. The molecule has 1 aromatic carbocycles. The fourth-order valence-electron chi connectivity index (χ4n) is 3.10. The minimum absolute atomic E-state index is 0.390. The van der Waals surface area contributed by atoms with Crippen LogP contribution in [0.4, 0.5) is 0 Å². The second-order valence-corrected chi connectivity index (χ2v) is 7.80. The zero-order valence-corrected chi connectivity index (χ0v) is 14.3. The lowest BCUT2D eigenvalue weighted by molar-refractivity contribution is -0.226. The molecule has 0 saturated carbocycles. The van der Waals surface area contributed by atoms with Crippen molar-refractivity contribution in [2.24, 2.45) is 0 Å². The second-order valence-electron chi connectivity index (χ2n) is 6.30. The normalized spacial score (nSPS) is 43.0. The first-order valence-electron chi connectivity index (χ1n) is 7.74. The summed E-state index contributed by atoms with van der Waals surface area (Å²) in [7, 11) is -3.86. The molecule has 0 spiro atoms. The smallest absolute Gasteiger partial charge is 0.404 e. The molecule has 3 fully saturated rings. The van der Waals surface area contributed by atoms with E-state index < -0.39 is 44.3 Å². The molecule has 8 heteroatoms. The van der Waals surface area contributed by atoms with Crippen LogP contribution in [0.2, 0.25) is 0 Å². The van der Waals surface area contributed by atoms with Crippen molar-refractivity contribution in [2.75, 3.05) is 0 Å². The minimum Gasteiger partial charge on any atom is -0.404 e. The zero-order valence-electron chi connectivity index (χ0n) is 13.4. The lowest BCUT2D eigenvalue weighted by Gasteiger charge is -2.36. The first kappa shape index (κ1) is 16.3. The second kappa shape index (κ2) is 5.66. The highest BCUT2D eigenvalue weighted by atomic mass is 31.2. The SMILES string of the molecule is C=C[C@H]1OP(=O)(Oc2ccccc2)O[C@@H]2[C@H]3OC(C)(C)O[C@H]3O[C@@H]21. The number of fused-ring (bicyclic) bond motifs is 3. The number of phosphoric ester groups is 1. The summed E-state index contributed by atoms with van der Waals surface area (Å²) in [5.74, 6) is -0.405. The number of para-hydroxylation sites is 1. The molecule has 3 aliphatic rings. The molecular weight excluding hydrogens is 335 g/mol. The number of rotatable bonds is 3. The largest absolute Gasteiger partial charge is 0.531 e. The molecule has 1 unspecified atom stereocenters. The molecule has 0 N–H and O–H groups in total. The van der Waals surface area contributed by atoms with E-state index in [-0.39, 0.29) is 0 Å². The van der Waals surface area contributed by atoms with Crippen molar-refractivity contribution in [3.8, 4) is 5.75 Å². The molecule has 0 bridgehead atoms. The molecule has 130 valence electrons. The van der Waals surface area contributed by atoms with Gasteiger partial charge in [-0.05, 0) is 26.0 Å². The van der Waals surface area contributed by atoms with Gasteiger partial charge >= 0.3 is 7.82 Å². The van der Waals surface area contributed by atoms with Crippen molar-refractivity contribution in [1.82, 2.24) is 0 Å². The monoisotopic (exact) mass is 354 g/mol. The van der Waals surface area contributed by atoms with Crippen LogP contribution >= 0.6 is 7.82 Å². The molecule has 3 saturated heterocycles. The Morgan fingerprint density at radius 2 is 1.88 bits per heavy atom. The van der Waals surface area contributed by atoms with Gasteiger partial charge in [0.15, 0.2) is 12.1 Å². The highest BCUT2D eigenvalue weighted by Crippen LogP contribution is 2.59. The van der Waals surface area contributed by atoms with E-state index in [1.165, 1.54) is 6.08 Å². The van der Waals surface area contributed by atoms with Gasteiger partial charge in [-0.1, -0.05) is 24.3 Å². The number of benzene rings is 1. The third-order valence-corrected chi connectivity index (χ3v) is 5.48. The van der Waals surface area contributed by atoms with Gasteiger partial charge < -0.3 is 18.7 Å². The fraction of sp³-hybridized carbons (Fsp3) is 0.500. The maximum absolute atomic E-state index is 13.0. The summed E-state index contributed by atoms with van der Waals surface area (Å²) in [4.78, 5) is 0. The molecular formula is C16H19O7P. The van der Waals surface area contributed by atoms with Crippen LogP contribution in [0.1, 0.15) is 13.8 Å². The van der Waals surface area contributed by atoms with Gasteiger partial charge in [-0.15, -0.1) is 6.58 Å². The van der Waals surface area contributed by atoms with Gasteiger partial charge in [0.1, 0.15) is 30.2 Å². The van der Waals surface area contributed by atoms with Crippen LogP contribution in [-0.2, 0) is 27.8 Å². The Kier molecular flexibility index (Phi) is 3.84. The average Bonchev–Trinajstić information content (AvgIpc) is 2.99. The van der Waals surface area contributed by atoms with E-state index in [4.69, 9.17) is 27.8 Å². The van der Waals surface area contributed by atoms with Crippen LogP contribution in [0.3, 0.4) is 0 Å². The van der Waals surface area contributed by atoms with Crippen molar-refractivity contribution >= 4 is 7.82 Å². The van der Waals surface area contributed by atoms with Gasteiger partial charge in [0.2, 0.25) is 0 Å². The lowest BCUT2D eigenvalue weighted by atomic mass is 10.1. The third kappa shape index (κ3) is 2.81. The number of hydrogen-bond acceptors (Lipinski definition) is 7. The molecule has 3 heterocycles. The van der Waals surface area contributed by atoms with Crippen LogP contribution in [0.25, 0.3) is 0 Å². The van der Waals surface area contributed by atoms with E-state index in [2.05, 4.69) is 6.58 Å². The molecule has 6 atom stereocenters. The topological polar surface area (TPSA) is 72.5 Å². The predicted molar refractivity (Wildman–Crippen MR) is 83.3 cm³/mol.